The third-order valence-corrected chi connectivity index (χ3v) is 6.76. The van der Waals surface area contributed by atoms with Gasteiger partial charge in [0.2, 0.25) is 0 Å². The molecule has 0 radical (unpaired) electrons. The molecule has 2 atom stereocenters. The highest BCUT2D eigenvalue weighted by Crippen LogP contribution is 2.29. The number of halogens is 2. The van der Waals surface area contributed by atoms with Crippen LogP contribution in [0.4, 0.5) is 0 Å². The van der Waals surface area contributed by atoms with Crippen molar-refractivity contribution >= 4 is 45.3 Å². The fourth-order valence-electron chi connectivity index (χ4n) is 1.76. The first-order valence-electron chi connectivity index (χ1n) is 6.13. The third-order valence-electron chi connectivity index (χ3n) is 3.15. The predicted molar refractivity (Wildman–Crippen MR) is 88.3 cm³/mol. The molecule has 2 nitrogen and oxygen atoms in total. The van der Waals surface area contributed by atoms with Gasteiger partial charge in [-0.05, 0) is 38.5 Å². The first-order chi connectivity index (χ1) is 9.38. The molecule has 2 aromatic rings. The lowest BCUT2D eigenvalue weighted by Crippen LogP contribution is -2.05. The summed E-state index contributed by atoms with van der Waals surface area (Å²) in [4.78, 5) is 5.62. The summed E-state index contributed by atoms with van der Waals surface area (Å²) in [6.45, 7) is 5.94. The van der Waals surface area contributed by atoms with E-state index in [2.05, 4.69) is 4.98 Å². The van der Waals surface area contributed by atoms with E-state index in [-0.39, 0.29) is 5.25 Å². The lowest BCUT2D eigenvalue weighted by atomic mass is 10.2. The van der Waals surface area contributed by atoms with Crippen LogP contribution in [0.5, 0.6) is 0 Å². The fraction of sp³-hybridized carbons (Fsp3) is 0.357. The van der Waals surface area contributed by atoms with Crippen LogP contribution in [-0.4, -0.2) is 9.19 Å². The van der Waals surface area contributed by atoms with Crippen molar-refractivity contribution in [2.24, 2.45) is 0 Å². The monoisotopic (exact) mass is 347 g/mol. The molecule has 0 amide bonds. The second-order valence-corrected chi connectivity index (χ2v) is 8.45. The number of rotatable bonds is 4. The molecule has 1 heterocycles. The number of hydrogen-bond donors (Lipinski definition) is 0. The Labute approximate surface area is 135 Å². The standard InChI is InChI=1S/C14H15Cl2NOS2/c1-8-9(2)19-14(17-8)7-20(18)10(3)11-4-5-12(15)13(16)6-11/h4-6,10H,7H2,1-3H3/t10-,20-/m0/s1. The van der Waals surface area contributed by atoms with Gasteiger partial charge in [0.25, 0.3) is 0 Å². The zero-order valence-electron chi connectivity index (χ0n) is 11.4. The zero-order chi connectivity index (χ0) is 14.9. The number of benzene rings is 1. The first kappa shape index (κ1) is 16.0. The van der Waals surface area contributed by atoms with Crippen LogP contribution in [0.3, 0.4) is 0 Å². The highest BCUT2D eigenvalue weighted by molar-refractivity contribution is 7.84. The van der Waals surface area contributed by atoms with Crippen LogP contribution < -0.4 is 0 Å². The molecule has 0 bridgehead atoms. The molecule has 0 aliphatic rings. The van der Waals surface area contributed by atoms with Gasteiger partial charge in [-0.25, -0.2) is 4.98 Å². The Bertz CT molecular complexity index is 635. The van der Waals surface area contributed by atoms with E-state index < -0.39 is 10.8 Å². The van der Waals surface area contributed by atoms with Gasteiger partial charge in [0, 0.05) is 15.7 Å². The molecular formula is C14H15Cl2NOS2. The molecule has 1 aromatic carbocycles. The summed E-state index contributed by atoms with van der Waals surface area (Å²) in [6, 6.07) is 5.39. The summed E-state index contributed by atoms with van der Waals surface area (Å²) in [5, 5.41) is 1.83. The van der Waals surface area contributed by atoms with Gasteiger partial charge < -0.3 is 0 Å². The SMILES string of the molecule is Cc1nc(C[S@](=O)[C@@H](C)c2ccc(Cl)c(Cl)c2)sc1C. The molecule has 6 heteroatoms. The van der Waals surface area contributed by atoms with Gasteiger partial charge in [-0.1, -0.05) is 29.3 Å². The van der Waals surface area contributed by atoms with Crippen molar-refractivity contribution in [3.05, 3.63) is 49.4 Å². The van der Waals surface area contributed by atoms with E-state index in [4.69, 9.17) is 23.2 Å². The van der Waals surface area contributed by atoms with Crippen molar-refractivity contribution in [3.8, 4) is 0 Å². The van der Waals surface area contributed by atoms with Gasteiger partial charge in [0.05, 0.1) is 26.7 Å². The Morgan fingerprint density at radius 1 is 1.30 bits per heavy atom. The van der Waals surface area contributed by atoms with E-state index in [0.29, 0.717) is 15.8 Å². The topological polar surface area (TPSA) is 30.0 Å². The maximum atomic E-state index is 12.4. The van der Waals surface area contributed by atoms with Crippen molar-refractivity contribution in [2.45, 2.75) is 31.8 Å². The number of hydrogen-bond acceptors (Lipinski definition) is 3. The van der Waals surface area contributed by atoms with Crippen LogP contribution in [0.1, 0.15) is 33.3 Å². The molecule has 20 heavy (non-hydrogen) atoms. The number of aromatic nitrogens is 1. The summed E-state index contributed by atoms with van der Waals surface area (Å²) in [5.41, 5.74) is 1.95. The van der Waals surface area contributed by atoms with E-state index in [1.54, 1.807) is 23.5 Å². The summed E-state index contributed by atoms with van der Waals surface area (Å²) in [7, 11) is -1.03. The van der Waals surface area contributed by atoms with Crippen LogP contribution in [0.15, 0.2) is 18.2 Å². The molecular weight excluding hydrogens is 333 g/mol. The minimum Gasteiger partial charge on any atom is -0.259 e. The Morgan fingerprint density at radius 2 is 2.00 bits per heavy atom. The normalized spacial score (nSPS) is 14.2. The summed E-state index contributed by atoms with van der Waals surface area (Å²) in [6.07, 6.45) is 0. The molecule has 0 fully saturated rings. The third kappa shape index (κ3) is 3.61. The van der Waals surface area contributed by atoms with E-state index in [1.165, 1.54) is 4.88 Å². The predicted octanol–water partition coefficient (Wildman–Crippen LogP) is 5.08. The minimum atomic E-state index is -1.03. The maximum absolute atomic E-state index is 12.4. The Hall–Kier alpha value is -0.420. The second kappa shape index (κ2) is 6.56. The maximum Gasteiger partial charge on any atom is 0.106 e. The van der Waals surface area contributed by atoms with Gasteiger partial charge in [0.15, 0.2) is 0 Å². The molecule has 0 aliphatic carbocycles. The van der Waals surface area contributed by atoms with Gasteiger partial charge in [-0.2, -0.15) is 0 Å². The lowest BCUT2D eigenvalue weighted by Gasteiger charge is -2.11. The minimum absolute atomic E-state index is 0.103. The largest absolute Gasteiger partial charge is 0.259 e. The molecule has 1 aromatic heterocycles. The van der Waals surface area contributed by atoms with Crippen LogP contribution in [0.25, 0.3) is 0 Å². The molecule has 0 aliphatic heterocycles. The van der Waals surface area contributed by atoms with E-state index in [9.17, 15) is 4.21 Å². The van der Waals surface area contributed by atoms with Crippen LogP contribution in [0, 0.1) is 13.8 Å². The molecule has 0 saturated heterocycles. The molecule has 0 spiro atoms. The van der Waals surface area contributed by atoms with Crippen molar-refractivity contribution in [1.29, 1.82) is 0 Å². The van der Waals surface area contributed by atoms with E-state index >= 15 is 0 Å². The quantitative estimate of drug-likeness (QED) is 0.771. The molecule has 0 saturated carbocycles. The van der Waals surface area contributed by atoms with Crippen LogP contribution >= 0.6 is 34.5 Å². The van der Waals surface area contributed by atoms with E-state index in [1.807, 2.05) is 26.8 Å². The van der Waals surface area contributed by atoms with Crippen molar-refractivity contribution < 1.29 is 4.21 Å². The highest BCUT2D eigenvalue weighted by Gasteiger charge is 2.17. The fourth-order valence-corrected chi connectivity index (χ4v) is 4.39. The number of thiazole rings is 1. The Morgan fingerprint density at radius 3 is 2.55 bits per heavy atom. The Kier molecular flexibility index (Phi) is 5.24. The molecule has 108 valence electrons. The van der Waals surface area contributed by atoms with Gasteiger partial charge in [0.1, 0.15) is 5.01 Å². The molecule has 0 unspecified atom stereocenters. The summed E-state index contributed by atoms with van der Waals surface area (Å²) < 4.78 is 12.4. The summed E-state index contributed by atoms with van der Waals surface area (Å²) in [5.74, 6) is 0.473. The zero-order valence-corrected chi connectivity index (χ0v) is 14.6. The summed E-state index contributed by atoms with van der Waals surface area (Å²) >= 11 is 13.5. The van der Waals surface area contributed by atoms with Crippen LogP contribution in [0.2, 0.25) is 10.0 Å². The van der Waals surface area contributed by atoms with Crippen molar-refractivity contribution in [1.82, 2.24) is 4.98 Å². The van der Waals surface area contributed by atoms with Gasteiger partial charge in [-0.15, -0.1) is 11.3 Å². The smallest absolute Gasteiger partial charge is 0.106 e. The lowest BCUT2D eigenvalue weighted by molar-refractivity contribution is 0.675. The van der Waals surface area contributed by atoms with Crippen molar-refractivity contribution in [2.75, 3.05) is 0 Å². The van der Waals surface area contributed by atoms with Crippen LogP contribution in [-0.2, 0) is 16.6 Å². The number of aryl methyl sites for hydroxylation is 2. The molecule has 0 N–H and O–H groups in total. The number of nitrogens with zero attached hydrogens (tertiary/aromatic N) is 1. The highest BCUT2D eigenvalue weighted by atomic mass is 35.5. The van der Waals surface area contributed by atoms with Gasteiger partial charge in [-0.3, -0.25) is 4.21 Å². The van der Waals surface area contributed by atoms with Crippen molar-refractivity contribution in [3.63, 3.8) is 0 Å². The second-order valence-electron chi connectivity index (χ2n) is 4.59. The average molecular weight is 348 g/mol. The molecule has 2 rings (SSSR count). The Balaban J connectivity index is 2.13. The van der Waals surface area contributed by atoms with Gasteiger partial charge >= 0.3 is 0 Å². The van der Waals surface area contributed by atoms with E-state index in [0.717, 1.165) is 16.3 Å². The average Bonchev–Trinajstić information content (AvgIpc) is 2.70. The first-order valence-corrected chi connectivity index (χ1v) is 9.09.